The van der Waals surface area contributed by atoms with Crippen LogP contribution >= 0.6 is 0 Å². The number of amides is 1. The van der Waals surface area contributed by atoms with Gasteiger partial charge in [0.2, 0.25) is 0 Å². The monoisotopic (exact) mass is 497 g/mol. The number of pyridine rings is 1. The summed E-state index contributed by atoms with van der Waals surface area (Å²) in [4.78, 5) is 27.9. The maximum atomic E-state index is 13.6. The SMILES string of the molecule is COc1ccc(OC)c(-c2cc(C(=O)Nc3ccc([N+](=O)[O-])cc3C(F)(F)F)c3ccccc3n2)c1. The van der Waals surface area contributed by atoms with Gasteiger partial charge in [-0.05, 0) is 36.4 Å². The average Bonchev–Trinajstić information content (AvgIpc) is 2.87. The molecule has 0 fully saturated rings. The first-order chi connectivity index (χ1) is 17.1. The number of hydrogen-bond acceptors (Lipinski definition) is 6. The zero-order valence-electron chi connectivity index (χ0n) is 18.9. The van der Waals surface area contributed by atoms with Crippen molar-refractivity contribution in [1.29, 1.82) is 0 Å². The smallest absolute Gasteiger partial charge is 0.418 e. The lowest BCUT2D eigenvalue weighted by Crippen LogP contribution is -2.17. The van der Waals surface area contributed by atoms with Crippen LogP contribution in [-0.4, -0.2) is 30.0 Å². The number of aromatic nitrogens is 1. The molecule has 1 heterocycles. The quantitative estimate of drug-likeness (QED) is 0.255. The predicted molar refractivity (Wildman–Crippen MR) is 126 cm³/mol. The van der Waals surface area contributed by atoms with Crippen LogP contribution in [0.1, 0.15) is 15.9 Å². The summed E-state index contributed by atoms with van der Waals surface area (Å²) in [5.74, 6) is 0.100. The third-order valence-corrected chi connectivity index (χ3v) is 5.41. The molecule has 0 atom stereocenters. The van der Waals surface area contributed by atoms with E-state index in [1.807, 2.05) is 0 Å². The number of anilines is 1. The molecule has 1 amide bonds. The molecule has 3 aromatic carbocycles. The molecule has 0 saturated heterocycles. The molecule has 0 aliphatic heterocycles. The Kier molecular flexibility index (Phi) is 6.47. The molecule has 0 aliphatic carbocycles. The van der Waals surface area contributed by atoms with Crippen molar-refractivity contribution in [3.8, 4) is 22.8 Å². The number of nitrogens with zero attached hydrogens (tertiary/aromatic N) is 2. The third kappa shape index (κ3) is 4.76. The van der Waals surface area contributed by atoms with Crippen molar-refractivity contribution in [1.82, 2.24) is 4.98 Å². The van der Waals surface area contributed by atoms with E-state index in [1.54, 1.807) is 42.5 Å². The van der Waals surface area contributed by atoms with Crippen molar-refractivity contribution in [3.05, 3.63) is 88.0 Å². The summed E-state index contributed by atoms with van der Waals surface area (Å²) in [6.45, 7) is 0. The number of benzene rings is 3. The second-order valence-electron chi connectivity index (χ2n) is 7.58. The first-order valence-electron chi connectivity index (χ1n) is 10.4. The zero-order chi connectivity index (χ0) is 26.0. The summed E-state index contributed by atoms with van der Waals surface area (Å²) in [6, 6.07) is 15.2. The molecule has 4 rings (SSSR count). The highest BCUT2D eigenvalue weighted by Crippen LogP contribution is 2.38. The Morgan fingerprint density at radius 3 is 2.42 bits per heavy atom. The van der Waals surface area contributed by atoms with Gasteiger partial charge in [-0.15, -0.1) is 0 Å². The first kappa shape index (κ1) is 24.5. The Hall–Kier alpha value is -4.67. The fraction of sp³-hybridized carbons (Fsp3) is 0.120. The van der Waals surface area contributed by atoms with E-state index in [9.17, 15) is 28.1 Å². The van der Waals surface area contributed by atoms with Crippen LogP contribution in [0.5, 0.6) is 11.5 Å². The minimum atomic E-state index is -4.94. The Bertz CT molecular complexity index is 1490. The summed E-state index contributed by atoms with van der Waals surface area (Å²) >= 11 is 0. The van der Waals surface area contributed by atoms with Crippen LogP contribution in [0.3, 0.4) is 0 Å². The van der Waals surface area contributed by atoms with Gasteiger partial charge in [0.05, 0.1) is 47.2 Å². The van der Waals surface area contributed by atoms with Crippen LogP contribution in [0, 0.1) is 10.1 Å². The minimum absolute atomic E-state index is 0.0481. The maximum absolute atomic E-state index is 13.6. The van der Waals surface area contributed by atoms with Crippen LogP contribution in [-0.2, 0) is 6.18 Å². The molecule has 184 valence electrons. The lowest BCUT2D eigenvalue weighted by atomic mass is 10.0. The summed E-state index contributed by atoms with van der Waals surface area (Å²) in [5.41, 5.74) is -1.39. The molecule has 0 aliphatic rings. The Morgan fingerprint density at radius 1 is 1.00 bits per heavy atom. The van der Waals surface area contributed by atoms with Crippen molar-refractivity contribution < 1.29 is 32.4 Å². The number of rotatable bonds is 6. The molecule has 4 aromatic rings. The van der Waals surface area contributed by atoms with E-state index >= 15 is 0 Å². The zero-order valence-corrected chi connectivity index (χ0v) is 18.9. The molecule has 1 aromatic heterocycles. The highest BCUT2D eigenvalue weighted by atomic mass is 19.4. The lowest BCUT2D eigenvalue weighted by Gasteiger charge is -2.16. The van der Waals surface area contributed by atoms with E-state index in [-0.39, 0.29) is 5.56 Å². The van der Waals surface area contributed by atoms with E-state index < -0.39 is 33.9 Å². The van der Waals surface area contributed by atoms with Crippen LogP contribution in [0.4, 0.5) is 24.5 Å². The number of non-ortho nitro benzene ring substituents is 1. The largest absolute Gasteiger partial charge is 0.497 e. The van der Waals surface area contributed by atoms with Crippen LogP contribution in [0.15, 0.2) is 66.7 Å². The van der Waals surface area contributed by atoms with E-state index in [4.69, 9.17) is 9.47 Å². The van der Waals surface area contributed by atoms with Gasteiger partial charge in [0.25, 0.3) is 11.6 Å². The molecule has 8 nitrogen and oxygen atoms in total. The molecule has 0 spiro atoms. The molecule has 0 radical (unpaired) electrons. The van der Waals surface area contributed by atoms with E-state index in [0.29, 0.717) is 39.7 Å². The topological polar surface area (TPSA) is 104 Å². The molecule has 0 saturated carbocycles. The van der Waals surface area contributed by atoms with Gasteiger partial charge < -0.3 is 14.8 Å². The number of para-hydroxylation sites is 1. The Balaban J connectivity index is 1.85. The highest BCUT2D eigenvalue weighted by molar-refractivity contribution is 6.13. The van der Waals surface area contributed by atoms with E-state index in [0.717, 1.165) is 12.1 Å². The van der Waals surface area contributed by atoms with Gasteiger partial charge in [-0.2, -0.15) is 13.2 Å². The van der Waals surface area contributed by atoms with Crippen molar-refractivity contribution in [2.45, 2.75) is 6.18 Å². The van der Waals surface area contributed by atoms with Crippen LogP contribution in [0.25, 0.3) is 22.2 Å². The fourth-order valence-electron chi connectivity index (χ4n) is 3.69. The summed E-state index contributed by atoms with van der Waals surface area (Å²) in [7, 11) is 2.95. The molecule has 1 N–H and O–H groups in total. The number of nitrogens with one attached hydrogen (secondary N) is 1. The first-order valence-corrected chi connectivity index (χ1v) is 10.4. The number of methoxy groups -OCH3 is 2. The average molecular weight is 497 g/mol. The number of halogens is 3. The lowest BCUT2D eigenvalue weighted by molar-refractivity contribution is -0.385. The van der Waals surface area contributed by atoms with Gasteiger partial charge in [0, 0.05) is 23.1 Å². The summed E-state index contributed by atoms with van der Waals surface area (Å²) in [6.07, 6.45) is -4.94. The number of ether oxygens (including phenoxy) is 2. The number of carbonyl (C=O) groups excluding carboxylic acids is 1. The predicted octanol–water partition coefficient (Wildman–Crippen LogP) is 6.10. The van der Waals surface area contributed by atoms with Crippen molar-refractivity contribution >= 4 is 28.2 Å². The minimum Gasteiger partial charge on any atom is -0.497 e. The molecule has 0 bridgehead atoms. The molecule has 36 heavy (non-hydrogen) atoms. The van der Waals surface area contributed by atoms with Crippen molar-refractivity contribution in [2.75, 3.05) is 19.5 Å². The van der Waals surface area contributed by atoms with Crippen molar-refractivity contribution in [3.63, 3.8) is 0 Å². The molecular weight excluding hydrogens is 479 g/mol. The standard InChI is InChI=1S/C25H18F3N3O5/c1-35-15-8-10-23(36-2)18(12-15)22-13-17(16-5-3-4-6-20(16)29-22)24(32)30-21-9-7-14(31(33)34)11-19(21)25(26,27)28/h3-13H,1-2H3,(H,30,32). The van der Waals surface area contributed by atoms with Crippen LogP contribution < -0.4 is 14.8 Å². The summed E-state index contributed by atoms with van der Waals surface area (Å²) in [5, 5.41) is 13.6. The van der Waals surface area contributed by atoms with Gasteiger partial charge in [0.15, 0.2) is 0 Å². The summed E-state index contributed by atoms with van der Waals surface area (Å²) < 4.78 is 51.6. The van der Waals surface area contributed by atoms with Gasteiger partial charge in [-0.1, -0.05) is 18.2 Å². The number of alkyl halides is 3. The van der Waals surface area contributed by atoms with E-state index in [1.165, 1.54) is 20.3 Å². The maximum Gasteiger partial charge on any atom is 0.418 e. The number of fused-ring (bicyclic) bond motifs is 1. The Labute approximate surface area is 202 Å². The Morgan fingerprint density at radius 2 is 1.75 bits per heavy atom. The number of nitro benzene ring substituents is 1. The van der Waals surface area contributed by atoms with Gasteiger partial charge >= 0.3 is 6.18 Å². The normalized spacial score (nSPS) is 11.2. The number of hydrogen-bond donors (Lipinski definition) is 1. The molecular formula is C25H18F3N3O5. The van der Waals surface area contributed by atoms with Gasteiger partial charge in [0.1, 0.15) is 11.5 Å². The van der Waals surface area contributed by atoms with Crippen LogP contribution in [0.2, 0.25) is 0 Å². The van der Waals surface area contributed by atoms with Gasteiger partial charge in [-0.25, -0.2) is 4.98 Å². The third-order valence-electron chi connectivity index (χ3n) is 5.41. The number of nitro groups is 1. The number of carbonyl (C=O) groups is 1. The second-order valence-corrected chi connectivity index (χ2v) is 7.58. The molecule has 11 heteroatoms. The van der Waals surface area contributed by atoms with Crippen molar-refractivity contribution in [2.24, 2.45) is 0 Å². The highest BCUT2D eigenvalue weighted by Gasteiger charge is 2.36. The molecule has 0 unspecified atom stereocenters. The second kappa shape index (κ2) is 9.53. The van der Waals surface area contributed by atoms with E-state index in [2.05, 4.69) is 10.3 Å². The van der Waals surface area contributed by atoms with Gasteiger partial charge in [-0.3, -0.25) is 14.9 Å². The fourth-order valence-corrected chi connectivity index (χ4v) is 3.69.